The van der Waals surface area contributed by atoms with E-state index in [0.717, 1.165) is 38.5 Å². The first-order valence-electron chi connectivity index (χ1n) is 6.85. The molecule has 0 aromatic carbocycles. The van der Waals surface area contributed by atoms with Gasteiger partial charge in [-0.3, -0.25) is 4.79 Å². The molecule has 5 nitrogen and oxygen atoms in total. The standard InChI is InChI=1S/C13H22N2O3/c14-9-13(6-2-3-7-13)12(18)15-8-4-1-5-10(15)11(16)17/h10H,1-9,14H2,(H,16,17)/t10-/m1/s1. The zero-order valence-electron chi connectivity index (χ0n) is 10.7. The number of piperidine rings is 1. The summed E-state index contributed by atoms with van der Waals surface area (Å²) in [5, 5.41) is 9.23. The van der Waals surface area contributed by atoms with Crippen LogP contribution >= 0.6 is 0 Å². The summed E-state index contributed by atoms with van der Waals surface area (Å²) in [6, 6.07) is -0.643. The van der Waals surface area contributed by atoms with Crippen molar-refractivity contribution in [2.45, 2.75) is 51.0 Å². The van der Waals surface area contributed by atoms with Crippen molar-refractivity contribution < 1.29 is 14.7 Å². The average Bonchev–Trinajstić information content (AvgIpc) is 2.87. The number of hydrogen-bond acceptors (Lipinski definition) is 3. The van der Waals surface area contributed by atoms with Gasteiger partial charge in [0.15, 0.2) is 0 Å². The Bertz CT molecular complexity index is 337. The second-order valence-electron chi connectivity index (χ2n) is 5.54. The van der Waals surface area contributed by atoms with Gasteiger partial charge < -0.3 is 15.7 Å². The minimum absolute atomic E-state index is 0.0189. The minimum atomic E-state index is -0.881. The van der Waals surface area contributed by atoms with Gasteiger partial charge in [-0.2, -0.15) is 0 Å². The van der Waals surface area contributed by atoms with Crippen molar-refractivity contribution in [2.24, 2.45) is 11.1 Å². The molecule has 1 saturated carbocycles. The van der Waals surface area contributed by atoms with Gasteiger partial charge in [-0.15, -0.1) is 0 Å². The Morgan fingerprint density at radius 1 is 1.22 bits per heavy atom. The average molecular weight is 254 g/mol. The van der Waals surface area contributed by atoms with E-state index in [1.54, 1.807) is 4.90 Å². The highest BCUT2D eigenvalue weighted by Crippen LogP contribution is 2.40. The summed E-state index contributed by atoms with van der Waals surface area (Å²) < 4.78 is 0. The van der Waals surface area contributed by atoms with Crippen LogP contribution in [0.15, 0.2) is 0 Å². The number of carboxylic acids is 1. The van der Waals surface area contributed by atoms with Crippen LogP contribution in [0, 0.1) is 5.41 Å². The van der Waals surface area contributed by atoms with E-state index >= 15 is 0 Å². The van der Waals surface area contributed by atoms with Gasteiger partial charge in [0.05, 0.1) is 5.41 Å². The zero-order chi connectivity index (χ0) is 13.2. The molecule has 102 valence electrons. The van der Waals surface area contributed by atoms with E-state index in [1.807, 2.05) is 0 Å². The number of amides is 1. The summed E-state index contributed by atoms with van der Waals surface area (Å²) in [7, 11) is 0. The van der Waals surface area contributed by atoms with Crippen molar-refractivity contribution in [1.29, 1.82) is 0 Å². The first-order valence-corrected chi connectivity index (χ1v) is 6.85. The molecule has 1 aliphatic heterocycles. The van der Waals surface area contributed by atoms with Crippen LogP contribution in [0.3, 0.4) is 0 Å². The van der Waals surface area contributed by atoms with Crippen LogP contribution in [-0.2, 0) is 9.59 Å². The van der Waals surface area contributed by atoms with Gasteiger partial charge >= 0.3 is 5.97 Å². The van der Waals surface area contributed by atoms with Crippen molar-refractivity contribution >= 4 is 11.9 Å². The Balaban J connectivity index is 2.17. The number of carbonyl (C=O) groups excluding carboxylic acids is 1. The SMILES string of the molecule is NCC1(C(=O)N2CCCC[C@@H]2C(=O)O)CCCC1. The fourth-order valence-electron chi connectivity index (χ4n) is 3.29. The van der Waals surface area contributed by atoms with Crippen LogP contribution in [0.25, 0.3) is 0 Å². The topological polar surface area (TPSA) is 83.6 Å². The molecule has 1 amide bonds. The Morgan fingerprint density at radius 2 is 1.89 bits per heavy atom. The molecule has 1 aliphatic carbocycles. The summed E-state index contributed by atoms with van der Waals surface area (Å²) in [6.45, 7) is 0.909. The molecule has 1 saturated heterocycles. The van der Waals surface area contributed by atoms with E-state index in [2.05, 4.69) is 0 Å². The maximum absolute atomic E-state index is 12.7. The fraction of sp³-hybridized carbons (Fsp3) is 0.846. The lowest BCUT2D eigenvalue weighted by atomic mass is 9.83. The monoisotopic (exact) mass is 254 g/mol. The Morgan fingerprint density at radius 3 is 2.44 bits per heavy atom. The van der Waals surface area contributed by atoms with Gasteiger partial charge in [-0.05, 0) is 32.1 Å². The first kappa shape index (κ1) is 13.3. The Kier molecular flexibility index (Phi) is 3.90. The van der Waals surface area contributed by atoms with Crippen molar-refractivity contribution in [3.63, 3.8) is 0 Å². The molecular formula is C13H22N2O3. The number of nitrogens with zero attached hydrogens (tertiary/aromatic N) is 1. The quantitative estimate of drug-likeness (QED) is 0.786. The molecule has 2 rings (SSSR count). The normalized spacial score (nSPS) is 27.2. The lowest BCUT2D eigenvalue weighted by molar-refractivity contribution is -0.157. The number of aliphatic carboxylic acids is 1. The van der Waals surface area contributed by atoms with Gasteiger partial charge in [-0.1, -0.05) is 12.8 Å². The lowest BCUT2D eigenvalue weighted by Gasteiger charge is -2.39. The summed E-state index contributed by atoms with van der Waals surface area (Å²) in [6.07, 6.45) is 6.02. The van der Waals surface area contributed by atoms with Crippen LogP contribution in [0.1, 0.15) is 44.9 Å². The molecule has 2 aliphatic rings. The highest BCUT2D eigenvalue weighted by molar-refractivity contribution is 5.88. The molecule has 1 atom stereocenters. The second kappa shape index (κ2) is 5.26. The number of likely N-dealkylation sites (tertiary alicyclic amines) is 1. The van der Waals surface area contributed by atoms with E-state index in [0.29, 0.717) is 19.5 Å². The van der Waals surface area contributed by atoms with E-state index in [1.165, 1.54) is 0 Å². The molecule has 0 aromatic rings. The number of hydrogen-bond donors (Lipinski definition) is 2. The van der Waals surface area contributed by atoms with E-state index in [4.69, 9.17) is 5.73 Å². The van der Waals surface area contributed by atoms with E-state index in [9.17, 15) is 14.7 Å². The summed E-state index contributed by atoms with van der Waals surface area (Å²) in [5.41, 5.74) is 5.32. The summed E-state index contributed by atoms with van der Waals surface area (Å²) >= 11 is 0. The van der Waals surface area contributed by atoms with Crippen LogP contribution < -0.4 is 5.73 Å². The highest BCUT2D eigenvalue weighted by atomic mass is 16.4. The van der Waals surface area contributed by atoms with Crippen molar-refractivity contribution in [3.8, 4) is 0 Å². The summed E-state index contributed by atoms with van der Waals surface area (Å²) in [4.78, 5) is 25.5. The van der Waals surface area contributed by atoms with Gasteiger partial charge in [0, 0.05) is 13.1 Å². The van der Waals surface area contributed by atoms with Gasteiger partial charge in [-0.25, -0.2) is 4.79 Å². The smallest absolute Gasteiger partial charge is 0.326 e. The third-order valence-electron chi connectivity index (χ3n) is 4.45. The lowest BCUT2D eigenvalue weighted by Crippen LogP contribution is -2.54. The molecule has 0 bridgehead atoms. The van der Waals surface area contributed by atoms with Crippen LogP contribution in [0.5, 0.6) is 0 Å². The van der Waals surface area contributed by atoms with E-state index in [-0.39, 0.29) is 5.91 Å². The third-order valence-corrected chi connectivity index (χ3v) is 4.45. The molecule has 3 N–H and O–H groups in total. The minimum Gasteiger partial charge on any atom is -0.480 e. The number of nitrogens with two attached hydrogens (primary N) is 1. The van der Waals surface area contributed by atoms with Crippen molar-refractivity contribution in [1.82, 2.24) is 4.90 Å². The Labute approximate surface area is 107 Å². The number of rotatable bonds is 3. The van der Waals surface area contributed by atoms with Crippen molar-refractivity contribution in [2.75, 3.05) is 13.1 Å². The third kappa shape index (κ3) is 2.23. The maximum atomic E-state index is 12.7. The van der Waals surface area contributed by atoms with Crippen LogP contribution in [-0.4, -0.2) is 41.0 Å². The number of carboxylic acid groups (broad SMARTS) is 1. The highest BCUT2D eigenvalue weighted by Gasteiger charge is 2.45. The fourth-order valence-corrected chi connectivity index (χ4v) is 3.29. The molecule has 0 unspecified atom stereocenters. The molecule has 5 heteroatoms. The Hall–Kier alpha value is -1.10. The van der Waals surface area contributed by atoms with Crippen LogP contribution in [0.4, 0.5) is 0 Å². The van der Waals surface area contributed by atoms with Crippen molar-refractivity contribution in [3.05, 3.63) is 0 Å². The number of carbonyl (C=O) groups is 2. The largest absolute Gasteiger partial charge is 0.480 e. The van der Waals surface area contributed by atoms with Gasteiger partial charge in [0.1, 0.15) is 6.04 Å². The molecule has 0 spiro atoms. The van der Waals surface area contributed by atoms with Gasteiger partial charge in [0.2, 0.25) is 5.91 Å². The van der Waals surface area contributed by atoms with Gasteiger partial charge in [0.25, 0.3) is 0 Å². The molecule has 1 heterocycles. The molecule has 0 radical (unpaired) electrons. The van der Waals surface area contributed by atoms with Crippen LogP contribution in [0.2, 0.25) is 0 Å². The zero-order valence-corrected chi connectivity index (χ0v) is 10.7. The first-order chi connectivity index (χ1) is 8.60. The summed E-state index contributed by atoms with van der Waals surface area (Å²) in [5.74, 6) is -0.900. The molecule has 2 fully saturated rings. The molecule has 18 heavy (non-hydrogen) atoms. The second-order valence-corrected chi connectivity index (χ2v) is 5.54. The predicted molar refractivity (Wildman–Crippen MR) is 66.9 cm³/mol. The molecule has 0 aromatic heterocycles. The maximum Gasteiger partial charge on any atom is 0.326 e. The van der Waals surface area contributed by atoms with E-state index < -0.39 is 17.4 Å². The molecular weight excluding hydrogens is 232 g/mol. The predicted octanol–water partition coefficient (Wildman–Crippen LogP) is 0.971.